The Bertz CT molecular complexity index is 327. The monoisotopic (exact) mass is 268 g/mol. The van der Waals surface area contributed by atoms with E-state index in [1.807, 2.05) is 6.07 Å². The third-order valence-electron chi connectivity index (χ3n) is 3.11. The predicted octanol–water partition coefficient (Wildman–Crippen LogP) is 1.93. The lowest BCUT2D eigenvalue weighted by Gasteiger charge is -2.29. The number of benzene rings is 1. The zero-order valence-electron chi connectivity index (χ0n) is 8.75. The van der Waals surface area contributed by atoms with Crippen LogP contribution in [0.3, 0.4) is 0 Å². The van der Waals surface area contributed by atoms with Gasteiger partial charge in [-0.25, -0.2) is 0 Å². The second-order valence-electron chi connectivity index (χ2n) is 4.21. The van der Waals surface area contributed by atoms with Gasteiger partial charge in [-0.15, -0.1) is 0 Å². The van der Waals surface area contributed by atoms with Crippen LogP contribution in [0, 0.1) is 5.92 Å². The van der Waals surface area contributed by atoms with E-state index in [0.717, 1.165) is 25.9 Å². The van der Waals surface area contributed by atoms with Crippen LogP contribution in [0.4, 0.5) is 0 Å². The van der Waals surface area contributed by atoms with Gasteiger partial charge in [-0.3, -0.25) is 0 Å². The molecule has 15 heavy (non-hydrogen) atoms. The van der Waals surface area contributed by atoms with Gasteiger partial charge in [0.05, 0.1) is 0 Å². The van der Waals surface area contributed by atoms with Crippen LogP contribution in [0.15, 0.2) is 28.7 Å². The molecule has 0 saturated carbocycles. The number of halogens is 1. The molecule has 0 spiro atoms. The molecule has 3 N–H and O–H groups in total. The van der Waals surface area contributed by atoms with Gasteiger partial charge in [-0.05, 0) is 43.5 Å². The van der Waals surface area contributed by atoms with E-state index in [0.29, 0.717) is 12.0 Å². The summed E-state index contributed by atoms with van der Waals surface area (Å²) in [5.74, 6) is 0.567. The molecule has 1 aromatic carbocycles. The Labute approximate surface area is 99.4 Å². The second-order valence-corrected chi connectivity index (χ2v) is 5.07. The average Bonchev–Trinajstić information content (AvgIpc) is 2.24. The Morgan fingerprint density at radius 2 is 2.20 bits per heavy atom. The molecule has 0 radical (unpaired) electrons. The first-order valence-electron chi connectivity index (χ1n) is 5.47. The van der Waals surface area contributed by atoms with Gasteiger partial charge in [0.25, 0.3) is 0 Å². The van der Waals surface area contributed by atoms with Crippen LogP contribution in [0.1, 0.15) is 12.0 Å². The van der Waals surface area contributed by atoms with E-state index >= 15 is 0 Å². The molecule has 2 unspecified atom stereocenters. The fourth-order valence-electron chi connectivity index (χ4n) is 2.11. The molecule has 0 bridgehead atoms. The van der Waals surface area contributed by atoms with Gasteiger partial charge in [-0.1, -0.05) is 34.1 Å². The Kier molecular flexibility index (Phi) is 3.78. The zero-order chi connectivity index (χ0) is 10.7. The average molecular weight is 269 g/mol. The lowest BCUT2D eigenvalue weighted by molar-refractivity contribution is 0.324. The maximum atomic E-state index is 6.12. The molecule has 2 nitrogen and oxygen atoms in total. The van der Waals surface area contributed by atoms with Gasteiger partial charge >= 0.3 is 0 Å². The molecule has 2 rings (SSSR count). The number of hydrogen-bond acceptors (Lipinski definition) is 2. The van der Waals surface area contributed by atoms with Crippen molar-refractivity contribution in [2.45, 2.75) is 18.9 Å². The van der Waals surface area contributed by atoms with Crippen molar-refractivity contribution in [3.8, 4) is 0 Å². The number of nitrogens with two attached hydrogens (primary N) is 1. The largest absolute Gasteiger partial charge is 0.327 e. The highest BCUT2D eigenvalue weighted by atomic mass is 79.9. The van der Waals surface area contributed by atoms with Crippen LogP contribution < -0.4 is 11.1 Å². The van der Waals surface area contributed by atoms with Crippen molar-refractivity contribution in [3.63, 3.8) is 0 Å². The molecule has 82 valence electrons. The molecular weight excluding hydrogens is 252 g/mol. The second kappa shape index (κ2) is 5.10. The third kappa shape index (κ3) is 2.80. The number of nitrogens with one attached hydrogen (secondary N) is 1. The highest BCUT2D eigenvalue weighted by molar-refractivity contribution is 9.10. The number of rotatable bonds is 2. The van der Waals surface area contributed by atoms with E-state index in [1.165, 1.54) is 10.0 Å². The normalized spacial score (nSPS) is 26.5. The zero-order valence-corrected chi connectivity index (χ0v) is 10.3. The van der Waals surface area contributed by atoms with Gasteiger partial charge in [0.1, 0.15) is 0 Å². The molecule has 3 heteroatoms. The Morgan fingerprint density at radius 1 is 1.40 bits per heavy atom. The molecular formula is C12H17BrN2. The summed E-state index contributed by atoms with van der Waals surface area (Å²) in [5, 5.41) is 3.41. The minimum atomic E-state index is 0.346. The van der Waals surface area contributed by atoms with Gasteiger partial charge in [0, 0.05) is 10.5 Å². The summed E-state index contributed by atoms with van der Waals surface area (Å²) in [6.07, 6.45) is 2.16. The molecule has 1 heterocycles. The van der Waals surface area contributed by atoms with E-state index in [-0.39, 0.29) is 0 Å². The van der Waals surface area contributed by atoms with E-state index in [2.05, 4.69) is 39.4 Å². The topological polar surface area (TPSA) is 38.0 Å². The Balaban J connectivity index is 2.04. The van der Waals surface area contributed by atoms with Crippen LogP contribution in [0.2, 0.25) is 0 Å². The van der Waals surface area contributed by atoms with Gasteiger partial charge < -0.3 is 11.1 Å². The van der Waals surface area contributed by atoms with Crippen LogP contribution in [0.5, 0.6) is 0 Å². The number of piperidine rings is 1. The smallest absolute Gasteiger partial charge is 0.0207 e. The van der Waals surface area contributed by atoms with Crippen molar-refractivity contribution >= 4 is 15.9 Å². The molecule has 1 aromatic rings. The molecule has 0 amide bonds. The SMILES string of the molecule is NC1CCNCC1Cc1ccccc1Br. The molecule has 1 fully saturated rings. The standard InChI is InChI=1S/C12H17BrN2/c13-11-4-2-1-3-9(11)7-10-8-15-6-5-12(10)14/h1-4,10,12,15H,5-8,14H2. The highest BCUT2D eigenvalue weighted by Gasteiger charge is 2.22. The van der Waals surface area contributed by atoms with Crippen molar-refractivity contribution in [1.29, 1.82) is 0 Å². The van der Waals surface area contributed by atoms with E-state index in [9.17, 15) is 0 Å². The van der Waals surface area contributed by atoms with E-state index < -0.39 is 0 Å². The molecule has 0 aliphatic carbocycles. The summed E-state index contributed by atoms with van der Waals surface area (Å²) >= 11 is 3.58. The fraction of sp³-hybridized carbons (Fsp3) is 0.500. The van der Waals surface area contributed by atoms with Crippen molar-refractivity contribution in [2.75, 3.05) is 13.1 Å². The maximum Gasteiger partial charge on any atom is 0.0207 e. The maximum absolute atomic E-state index is 6.12. The summed E-state index contributed by atoms with van der Waals surface area (Å²) in [4.78, 5) is 0. The van der Waals surface area contributed by atoms with Crippen LogP contribution in [-0.2, 0) is 6.42 Å². The van der Waals surface area contributed by atoms with Crippen molar-refractivity contribution in [2.24, 2.45) is 11.7 Å². The summed E-state index contributed by atoms with van der Waals surface area (Å²) < 4.78 is 1.20. The first-order chi connectivity index (χ1) is 7.27. The Hall–Kier alpha value is -0.380. The third-order valence-corrected chi connectivity index (χ3v) is 3.88. The minimum Gasteiger partial charge on any atom is -0.327 e. The molecule has 2 atom stereocenters. The lowest BCUT2D eigenvalue weighted by atomic mass is 9.88. The van der Waals surface area contributed by atoms with Crippen LogP contribution in [-0.4, -0.2) is 19.1 Å². The quantitative estimate of drug-likeness (QED) is 0.861. The molecule has 1 aliphatic rings. The van der Waals surface area contributed by atoms with Gasteiger partial charge in [-0.2, -0.15) is 0 Å². The van der Waals surface area contributed by atoms with Crippen molar-refractivity contribution in [1.82, 2.24) is 5.32 Å². The van der Waals surface area contributed by atoms with Gasteiger partial charge in [0.2, 0.25) is 0 Å². The molecule has 1 aliphatic heterocycles. The summed E-state index contributed by atoms with van der Waals surface area (Å²) in [5.41, 5.74) is 7.48. The minimum absolute atomic E-state index is 0.346. The lowest BCUT2D eigenvalue weighted by Crippen LogP contribution is -2.45. The van der Waals surface area contributed by atoms with E-state index in [4.69, 9.17) is 5.73 Å². The van der Waals surface area contributed by atoms with Crippen LogP contribution >= 0.6 is 15.9 Å². The number of hydrogen-bond donors (Lipinski definition) is 2. The van der Waals surface area contributed by atoms with Gasteiger partial charge in [0.15, 0.2) is 0 Å². The first-order valence-corrected chi connectivity index (χ1v) is 6.26. The first kappa shape index (κ1) is 11.1. The van der Waals surface area contributed by atoms with Crippen LogP contribution in [0.25, 0.3) is 0 Å². The summed E-state index contributed by atoms with van der Waals surface area (Å²) in [7, 11) is 0. The summed E-state index contributed by atoms with van der Waals surface area (Å²) in [6.45, 7) is 2.11. The molecule has 0 aromatic heterocycles. The van der Waals surface area contributed by atoms with Crippen molar-refractivity contribution in [3.05, 3.63) is 34.3 Å². The Morgan fingerprint density at radius 3 is 2.93 bits per heavy atom. The highest BCUT2D eigenvalue weighted by Crippen LogP contribution is 2.22. The predicted molar refractivity (Wildman–Crippen MR) is 66.8 cm³/mol. The molecule has 1 saturated heterocycles. The summed E-state index contributed by atoms with van der Waals surface area (Å²) in [6, 6.07) is 8.75. The van der Waals surface area contributed by atoms with Crippen molar-refractivity contribution < 1.29 is 0 Å². The van der Waals surface area contributed by atoms with E-state index in [1.54, 1.807) is 0 Å². The fourth-order valence-corrected chi connectivity index (χ4v) is 2.56.